The normalized spacial score (nSPS) is 14.5. The van der Waals surface area contributed by atoms with E-state index < -0.39 is 0 Å². The highest BCUT2D eigenvalue weighted by molar-refractivity contribution is 5.80. The van der Waals surface area contributed by atoms with Crippen molar-refractivity contribution in [3.63, 3.8) is 0 Å². The molecule has 0 aliphatic carbocycles. The summed E-state index contributed by atoms with van der Waals surface area (Å²) >= 11 is 0. The van der Waals surface area contributed by atoms with Gasteiger partial charge in [-0.25, -0.2) is 0 Å². The first kappa shape index (κ1) is 21.7. The van der Waals surface area contributed by atoms with Crippen molar-refractivity contribution < 1.29 is 9.53 Å². The first-order valence-electron chi connectivity index (χ1n) is 8.83. The molecule has 0 saturated carbocycles. The number of nitrogens with one attached hydrogen (secondary N) is 2. The van der Waals surface area contributed by atoms with Crippen molar-refractivity contribution in [2.45, 2.75) is 53.5 Å². The molecule has 23 heavy (non-hydrogen) atoms. The minimum Gasteiger partial charge on any atom is -0.469 e. The molecule has 2 atom stereocenters. The highest BCUT2D eigenvalue weighted by Crippen LogP contribution is 2.01. The van der Waals surface area contributed by atoms with E-state index in [1.54, 1.807) is 0 Å². The van der Waals surface area contributed by atoms with Gasteiger partial charge in [0, 0.05) is 12.6 Å². The lowest BCUT2D eigenvalue weighted by atomic mass is 10.1. The number of guanidine groups is 1. The fourth-order valence-electron chi connectivity index (χ4n) is 2.29. The molecule has 2 unspecified atom stereocenters. The Balaban J connectivity index is 4.31. The summed E-state index contributed by atoms with van der Waals surface area (Å²) in [5.74, 6) is 0.309. The van der Waals surface area contributed by atoms with Crippen LogP contribution in [0.25, 0.3) is 0 Å². The second kappa shape index (κ2) is 13.2. The number of ether oxygens (including phenoxy) is 1. The Morgan fingerprint density at radius 2 is 1.87 bits per heavy atom. The van der Waals surface area contributed by atoms with Gasteiger partial charge in [-0.3, -0.25) is 9.79 Å². The molecular weight excluding hydrogens is 292 g/mol. The van der Waals surface area contributed by atoms with Crippen LogP contribution >= 0.6 is 0 Å². The molecule has 0 aliphatic heterocycles. The summed E-state index contributed by atoms with van der Waals surface area (Å²) in [4.78, 5) is 18.3. The fraction of sp³-hybridized carbons (Fsp3) is 0.882. The van der Waals surface area contributed by atoms with E-state index in [1.165, 1.54) is 7.11 Å². The molecule has 0 aromatic heterocycles. The topological polar surface area (TPSA) is 66.0 Å². The van der Waals surface area contributed by atoms with Crippen LogP contribution in [-0.2, 0) is 9.53 Å². The van der Waals surface area contributed by atoms with Crippen LogP contribution in [0.4, 0.5) is 0 Å². The summed E-state index contributed by atoms with van der Waals surface area (Å²) < 4.78 is 4.73. The fourth-order valence-corrected chi connectivity index (χ4v) is 2.29. The summed E-state index contributed by atoms with van der Waals surface area (Å²) in [5.41, 5.74) is 0. The SMILES string of the molecule is CCNC(=NCC(C)C(=O)OC)NC(C)CCCN(CC)CC. The zero-order valence-electron chi connectivity index (χ0n) is 15.8. The molecule has 6 nitrogen and oxygen atoms in total. The van der Waals surface area contributed by atoms with E-state index in [2.05, 4.69) is 41.3 Å². The smallest absolute Gasteiger partial charge is 0.310 e. The van der Waals surface area contributed by atoms with Gasteiger partial charge in [0.2, 0.25) is 0 Å². The predicted octanol–water partition coefficient (Wildman–Crippen LogP) is 1.86. The molecule has 0 fully saturated rings. The average molecular weight is 329 g/mol. The summed E-state index contributed by atoms with van der Waals surface area (Å²) in [6.07, 6.45) is 2.25. The third-order valence-electron chi connectivity index (χ3n) is 3.86. The van der Waals surface area contributed by atoms with Gasteiger partial charge in [0.1, 0.15) is 0 Å². The largest absolute Gasteiger partial charge is 0.469 e. The average Bonchev–Trinajstić information content (AvgIpc) is 2.55. The molecule has 6 heteroatoms. The summed E-state index contributed by atoms with van der Waals surface area (Å²) in [7, 11) is 1.41. The zero-order chi connectivity index (χ0) is 17.7. The van der Waals surface area contributed by atoms with Crippen molar-refractivity contribution >= 4 is 11.9 Å². The van der Waals surface area contributed by atoms with Crippen molar-refractivity contribution in [2.24, 2.45) is 10.9 Å². The zero-order valence-corrected chi connectivity index (χ0v) is 15.8. The van der Waals surface area contributed by atoms with Crippen LogP contribution in [0.1, 0.15) is 47.5 Å². The van der Waals surface area contributed by atoms with Crippen LogP contribution in [0, 0.1) is 5.92 Å². The molecule has 0 amide bonds. The van der Waals surface area contributed by atoms with Gasteiger partial charge in [-0.2, -0.15) is 0 Å². The number of carbonyl (C=O) groups is 1. The highest BCUT2D eigenvalue weighted by Gasteiger charge is 2.13. The molecule has 0 aromatic carbocycles. The van der Waals surface area contributed by atoms with E-state index >= 15 is 0 Å². The Morgan fingerprint density at radius 3 is 2.39 bits per heavy atom. The lowest BCUT2D eigenvalue weighted by molar-refractivity contribution is -0.144. The first-order chi connectivity index (χ1) is 11.0. The van der Waals surface area contributed by atoms with E-state index in [0.717, 1.165) is 45.0 Å². The maximum Gasteiger partial charge on any atom is 0.310 e. The van der Waals surface area contributed by atoms with E-state index in [-0.39, 0.29) is 11.9 Å². The maximum atomic E-state index is 11.4. The van der Waals surface area contributed by atoms with Gasteiger partial charge in [-0.1, -0.05) is 20.8 Å². The van der Waals surface area contributed by atoms with E-state index in [4.69, 9.17) is 4.74 Å². The maximum absolute atomic E-state index is 11.4. The number of nitrogens with zero attached hydrogens (tertiary/aromatic N) is 2. The Kier molecular flexibility index (Phi) is 12.4. The molecule has 0 spiro atoms. The van der Waals surface area contributed by atoms with Crippen molar-refractivity contribution in [2.75, 3.05) is 39.8 Å². The monoisotopic (exact) mass is 328 g/mol. The standard InChI is InChI=1S/C17H36N4O2/c1-7-18-17(19-13-14(4)16(22)23-6)20-15(5)11-10-12-21(8-2)9-3/h14-15H,7-13H2,1-6H3,(H2,18,19,20). The summed E-state index contributed by atoms with van der Waals surface area (Å²) in [5, 5.41) is 6.63. The van der Waals surface area contributed by atoms with Gasteiger partial charge in [-0.05, 0) is 46.3 Å². The molecule has 0 aromatic rings. The van der Waals surface area contributed by atoms with Crippen molar-refractivity contribution in [3.8, 4) is 0 Å². The van der Waals surface area contributed by atoms with Crippen LogP contribution in [-0.4, -0.2) is 62.7 Å². The van der Waals surface area contributed by atoms with E-state index in [1.807, 2.05) is 13.8 Å². The van der Waals surface area contributed by atoms with Gasteiger partial charge >= 0.3 is 5.97 Å². The number of aliphatic imine (C=N–C) groups is 1. The first-order valence-corrected chi connectivity index (χ1v) is 8.83. The lowest BCUT2D eigenvalue weighted by Crippen LogP contribution is -2.43. The Morgan fingerprint density at radius 1 is 1.22 bits per heavy atom. The minimum absolute atomic E-state index is 0.225. The number of carbonyl (C=O) groups excluding carboxylic acids is 1. The van der Waals surface area contributed by atoms with Gasteiger partial charge < -0.3 is 20.3 Å². The summed E-state index contributed by atoms with van der Waals surface area (Å²) in [6, 6.07) is 0.344. The molecule has 0 heterocycles. The van der Waals surface area contributed by atoms with Gasteiger partial charge in [0.25, 0.3) is 0 Å². The van der Waals surface area contributed by atoms with Gasteiger partial charge in [0.05, 0.1) is 19.6 Å². The molecule has 136 valence electrons. The summed E-state index contributed by atoms with van der Waals surface area (Å²) in [6.45, 7) is 15.0. The van der Waals surface area contributed by atoms with Crippen LogP contribution < -0.4 is 10.6 Å². The van der Waals surface area contributed by atoms with Crippen LogP contribution in [0.2, 0.25) is 0 Å². The minimum atomic E-state index is -0.228. The molecular formula is C17H36N4O2. The molecule has 0 aliphatic rings. The molecule has 0 radical (unpaired) electrons. The second-order valence-corrected chi connectivity index (χ2v) is 5.86. The van der Waals surface area contributed by atoms with Crippen molar-refractivity contribution in [1.82, 2.24) is 15.5 Å². The van der Waals surface area contributed by atoms with Gasteiger partial charge in [-0.15, -0.1) is 0 Å². The van der Waals surface area contributed by atoms with Crippen LogP contribution in [0.5, 0.6) is 0 Å². The molecule has 0 saturated heterocycles. The molecule has 0 bridgehead atoms. The third-order valence-corrected chi connectivity index (χ3v) is 3.86. The Hall–Kier alpha value is -1.30. The van der Waals surface area contributed by atoms with Crippen molar-refractivity contribution in [3.05, 3.63) is 0 Å². The van der Waals surface area contributed by atoms with Crippen LogP contribution in [0.15, 0.2) is 4.99 Å². The number of hydrogen-bond donors (Lipinski definition) is 2. The highest BCUT2D eigenvalue weighted by atomic mass is 16.5. The third kappa shape index (κ3) is 10.2. The van der Waals surface area contributed by atoms with Crippen molar-refractivity contribution in [1.29, 1.82) is 0 Å². The van der Waals surface area contributed by atoms with Gasteiger partial charge in [0.15, 0.2) is 5.96 Å². The number of methoxy groups -OCH3 is 1. The number of rotatable bonds is 11. The lowest BCUT2D eigenvalue weighted by Gasteiger charge is -2.21. The quantitative estimate of drug-likeness (QED) is 0.344. The van der Waals surface area contributed by atoms with E-state index in [0.29, 0.717) is 12.6 Å². The molecule has 0 rings (SSSR count). The molecule has 2 N–H and O–H groups in total. The van der Waals surface area contributed by atoms with Crippen LogP contribution in [0.3, 0.4) is 0 Å². The van der Waals surface area contributed by atoms with E-state index in [9.17, 15) is 4.79 Å². The Bertz CT molecular complexity index is 343. The number of hydrogen-bond acceptors (Lipinski definition) is 4. The second-order valence-electron chi connectivity index (χ2n) is 5.86. The Labute approximate surface area is 142 Å². The number of esters is 1. The predicted molar refractivity (Wildman–Crippen MR) is 96.8 cm³/mol.